The first-order valence-corrected chi connectivity index (χ1v) is 49.5. The molecule has 0 fully saturated rings. The summed E-state index contributed by atoms with van der Waals surface area (Å²) < 4.78 is 39.3. The predicted molar refractivity (Wildman–Crippen MR) is 534 cm³/mol. The number of carbonyl (C=O) groups excluding carboxylic acids is 6. The monoisotopic (exact) mass is 1790 g/mol. The highest BCUT2D eigenvalue weighted by Crippen LogP contribution is 2.36. The first kappa shape index (κ1) is 107. The van der Waals surface area contributed by atoms with Crippen molar-refractivity contribution in [3.05, 3.63) is 249 Å². The average molecular weight is 1790 g/mol. The van der Waals surface area contributed by atoms with Crippen LogP contribution in [0.4, 0.5) is 0 Å². The molecule has 18 nitrogen and oxygen atoms in total. The maximum absolute atomic E-state index is 12.5. The number of carbonyl (C=O) groups is 6. The lowest BCUT2D eigenvalue weighted by molar-refractivity contribution is -0.926. The second-order valence-electron chi connectivity index (χ2n) is 36.6. The van der Waals surface area contributed by atoms with Crippen LogP contribution >= 0.6 is 0 Å². The van der Waals surface area contributed by atoms with Crippen LogP contribution in [0.25, 0.3) is 34.9 Å². The minimum atomic E-state index is -0.230. The molecule has 6 aliphatic carbocycles. The molecule has 0 radical (unpaired) electrons. The van der Waals surface area contributed by atoms with E-state index in [-0.39, 0.29) is 53.6 Å². The van der Waals surface area contributed by atoms with Gasteiger partial charge in [-0.1, -0.05) is 248 Å². The highest BCUT2D eigenvalue weighted by molar-refractivity contribution is 6.19. The lowest BCUT2D eigenvalue weighted by Gasteiger charge is -2.37. The number of nitrogens with zero attached hydrogens (tertiary/aromatic N) is 6. The highest BCUT2D eigenvalue weighted by atomic mass is 16.6. The molecular weight excluding hydrogens is 1620 g/mol. The number of unbranched alkanes of at least 4 members (excludes halogenated alkanes) is 1. The standard InChI is InChI=1S/C21H32NO2.2C20H30NO2.2C18H26NO2.C15H20NO2/c1-4-7-15-22(6-3,14-5-2)16-17-24-21(23)20-13-12-18-10-8-9-11-19(18)20;2*1-4-13-21(6-3,14-5-2)15-16-23-20(22)19-12-11-17-9-7-8-10-18(17)19;2*1-4-19(5-2,6-3)13-14-21-18(20)17-12-11-15-9-7-8-10-16(15)17;1-16(2,3)10-11-18-15(17)14-9-8-12-6-4-5-7-13(12)14/h8-11,13H,4-7,12,14-17H2,1-3H3;7-10,12H,4-6,11,13-16H2,1-3H3;7-12,19H,4-6,13-16H2,1-3H3;7-10,12H,4-6,11,13-14H2,1-3H3;7-12,17H,4-6,13-14H2,1-3H3;4-9,14H,10-11H2,1-3H3/q6*+1. The summed E-state index contributed by atoms with van der Waals surface area (Å²) in [6.45, 7) is 58.4. The number of hydrogen-bond donors (Lipinski definition) is 0. The number of rotatable bonds is 46. The smallest absolute Gasteiger partial charge is 0.338 e. The van der Waals surface area contributed by atoms with Crippen molar-refractivity contribution in [1.82, 2.24) is 0 Å². The summed E-state index contributed by atoms with van der Waals surface area (Å²) in [7, 11) is 6.25. The Kier molecular flexibility index (Phi) is 45.4. The number of benzene rings is 6. The van der Waals surface area contributed by atoms with E-state index in [0.717, 1.165) is 237 Å². The Morgan fingerprint density at radius 2 is 0.508 bits per heavy atom. The Morgan fingerprint density at radius 3 is 0.769 bits per heavy atom. The molecular formula is C112H164N6O12+6. The maximum Gasteiger partial charge on any atom is 0.338 e. The summed E-state index contributed by atoms with van der Waals surface area (Å²) >= 11 is 0. The number of ether oxygens (including phenoxy) is 6. The maximum atomic E-state index is 12.5. The summed E-state index contributed by atoms with van der Waals surface area (Å²) in [6, 6.07) is 48.2. The van der Waals surface area contributed by atoms with Crippen molar-refractivity contribution in [2.24, 2.45) is 0 Å². The molecule has 0 saturated carbocycles. The predicted octanol–water partition coefficient (Wildman–Crippen LogP) is 20.3. The Balaban J connectivity index is 0.000000214. The Bertz CT molecular complexity index is 4700. The Morgan fingerprint density at radius 1 is 0.269 bits per heavy atom. The van der Waals surface area contributed by atoms with E-state index in [0.29, 0.717) is 39.6 Å². The van der Waals surface area contributed by atoms with Crippen LogP contribution < -0.4 is 0 Å². The van der Waals surface area contributed by atoms with Crippen molar-refractivity contribution in [3.8, 4) is 0 Å². The van der Waals surface area contributed by atoms with Gasteiger partial charge in [0.1, 0.15) is 96.7 Å². The molecule has 0 aliphatic heterocycles. The van der Waals surface area contributed by atoms with Gasteiger partial charge in [-0.3, -0.25) is 14.4 Å². The van der Waals surface area contributed by atoms with Gasteiger partial charge in [-0.05, 0) is 187 Å². The lowest BCUT2D eigenvalue weighted by Crippen LogP contribution is -2.51. The summed E-state index contributed by atoms with van der Waals surface area (Å²) in [5.41, 5.74) is 15.5. The molecule has 708 valence electrons. The first-order chi connectivity index (χ1) is 62.7. The molecule has 0 aromatic heterocycles. The van der Waals surface area contributed by atoms with Gasteiger partial charge in [-0.25, -0.2) is 14.4 Å². The molecule has 4 atom stereocenters. The SMILES string of the molecule is CCCC[N+](CC)(CCC)CCOC(=O)C1=CCc2ccccc21.CCC[N+](CC)(CCC)CCOC(=O)C1=CCc2ccccc21.CCC[N+](CC)(CCC)CCOC(=O)C1C=Cc2ccccc21.CC[N+](CC)(CC)CCOC(=O)C1=CCc2ccccc21.CC[N+](CC)(CC)CCOC(=O)C1C=Cc2ccccc21.C[N+](C)(C)CCOC(=O)C1C=Cc2ccccc21. The number of likely N-dealkylation sites (N-methyl/N-ethyl adjacent to an activating group) is 6. The van der Waals surface area contributed by atoms with Crippen molar-refractivity contribution in [2.45, 2.75) is 186 Å². The molecule has 0 spiro atoms. The summed E-state index contributed by atoms with van der Waals surface area (Å²) in [6.07, 6.45) is 28.6. The number of esters is 6. The fourth-order valence-corrected chi connectivity index (χ4v) is 19.0. The summed E-state index contributed by atoms with van der Waals surface area (Å²) in [5.74, 6) is -1.59. The molecule has 18 heteroatoms. The Hall–Kier alpha value is -9.66. The molecule has 0 saturated heterocycles. The normalized spacial score (nSPS) is 15.6. The minimum absolute atomic E-state index is 0.117. The van der Waals surface area contributed by atoms with Crippen LogP contribution in [0, 0.1) is 0 Å². The zero-order valence-corrected chi connectivity index (χ0v) is 83.0. The van der Waals surface area contributed by atoms with Crippen molar-refractivity contribution < 1.29 is 84.1 Å². The first-order valence-electron chi connectivity index (χ1n) is 49.5. The molecule has 0 heterocycles. The number of fused-ring (bicyclic) bond motifs is 6. The van der Waals surface area contributed by atoms with Crippen molar-refractivity contribution in [2.75, 3.05) is 198 Å². The van der Waals surface area contributed by atoms with Gasteiger partial charge in [0.25, 0.3) is 0 Å². The molecule has 12 rings (SSSR count). The van der Waals surface area contributed by atoms with E-state index >= 15 is 0 Å². The van der Waals surface area contributed by atoms with E-state index in [4.69, 9.17) is 28.4 Å². The van der Waals surface area contributed by atoms with Gasteiger partial charge >= 0.3 is 35.8 Å². The number of allylic oxidation sites excluding steroid dienone is 3. The van der Waals surface area contributed by atoms with Crippen LogP contribution in [0.3, 0.4) is 0 Å². The van der Waals surface area contributed by atoms with E-state index in [1.165, 1.54) is 74.7 Å². The van der Waals surface area contributed by atoms with Crippen LogP contribution in [-0.4, -0.2) is 261 Å². The minimum Gasteiger partial charge on any atom is -0.459 e. The molecule has 0 bridgehead atoms. The zero-order chi connectivity index (χ0) is 94.6. The van der Waals surface area contributed by atoms with Gasteiger partial charge in [0.2, 0.25) is 0 Å². The van der Waals surface area contributed by atoms with Crippen LogP contribution in [-0.2, 0) is 76.5 Å². The second-order valence-corrected chi connectivity index (χ2v) is 36.6. The van der Waals surface area contributed by atoms with E-state index < -0.39 is 0 Å². The largest absolute Gasteiger partial charge is 0.459 e. The fourth-order valence-electron chi connectivity index (χ4n) is 19.0. The van der Waals surface area contributed by atoms with Gasteiger partial charge in [0.15, 0.2) is 0 Å². The quantitative estimate of drug-likeness (QED) is 0.0203. The molecule has 6 aliphatic rings. The van der Waals surface area contributed by atoms with Gasteiger partial charge in [-0.15, -0.1) is 0 Å². The van der Waals surface area contributed by atoms with Gasteiger partial charge in [0, 0.05) is 0 Å². The van der Waals surface area contributed by atoms with E-state index in [1.807, 2.05) is 182 Å². The average Bonchev–Trinajstić information content (AvgIpc) is 1.70. The van der Waals surface area contributed by atoms with E-state index in [1.54, 1.807) is 0 Å². The molecule has 6 aromatic carbocycles. The number of quaternary nitrogens is 6. The fraction of sp³-hybridized carbons (Fsp3) is 0.518. The lowest BCUT2D eigenvalue weighted by atomic mass is 10.0. The zero-order valence-electron chi connectivity index (χ0n) is 83.0. The Labute approximate surface area is 783 Å². The van der Waals surface area contributed by atoms with Crippen molar-refractivity contribution >= 4 is 70.8 Å². The highest BCUT2D eigenvalue weighted by Gasteiger charge is 2.34. The summed E-state index contributed by atoms with van der Waals surface area (Å²) in [4.78, 5) is 73.8. The third-order valence-electron chi connectivity index (χ3n) is 27.9. The van der Waals surface area contributed by atoms with E-state index in [2.05, 4.69) is 143 Å². The number of hydrogen-bond acceptors (Lipinski definition) is 12. The topological polar surface area (TPSA) is 158 Å². The third kappa shape index (κ3) is 31.3. The molecule has 0 amide bonds. The molecule has 130 heavy (non-hydrogen) atoms. The van der Waals surface area contributed by atoms with Crippen LogP contribution in [0.15, 0.2) is 182 Å². The molecule has 0 N–H and O–H groups in total. The van der Waals surface area contributed by atoms with Gasteiger partial charge in [-0.2, -0.15) is 0 Å². The summed E-state index contributed by atoms with van der Waals surface area (Å²) in [5, 5.41) is 0. The van der Waals surface area contributed by atoms with E-state index in [9.17, 15) is 28.8 Å². The third-order valence-corrected chi connectivity index (χ3v) is 27.9. The van der Waals surface area contributed by atoms with Crippen LogP contribution in [0.2, 0.25) is 0 Å². The van der Waals surface area contributed by atoms with Crippen molar-refractivity contribution in [3.63, 3.8) is 0 Å². The second kappa shape index (κ2) is 55.0. The van der Waals surface area contributed by atoms with Gasteiger partial charge in [0.05, 0.1) is 136 Å². The molecule has 6 aromatic rings. The van der Waals surface area contributed by atoms with Gasteiger partial charge < -0.3 is 55.3 Å². The van der Waals surface area contributed by atoms with Crippen molar-refractivity contribution in [1.29, 1.82) is 0 Å². The molecule has 4 unspecified atom stereocenters. The van der Waals surface area contributed by atoms with Crippen LogP contribution in [0.1, 0.15) is 233 Å². The van der Waals surface area contributed by atoms with Crippen LogP contribution in [0.5, 0.6) is 0 Å².